The van der Waals surface area contributed by atoms with E-state index in [0.29, 0.717) is 28.9 Å². The molecule has 1 heterocycles. The maximum atomic E-state index is 13.4. The molecule has 0 saturated carbocycles. The van der Waals surface area contributed by atoms with Crippen molar-refractivity contribution in [1.29, 1.82) is 0 Å². The van der Waals surface area contributed by atoms with E-state index in [9.17, 15) is 8.42 Å². The van der Waals surface area contributed by atoms with Crippen molar-refractivity contribution < 1.29 is 13.2 Å². The minimum atomic E-state index is -3.67. The van der Waals surface area contributed by atoms with Gasteiger partial charge in [-0.3, -0.25) is 0 Å². The zero-order chi connectivity index (χ0) is 19.6. The molecule has 0 fully saturated rings. The Bertz CT molecular complexity index is 932. The highest BCUT2D eigenvalue weighted by Gasteiger charge is 2.37. The van der Waals surface area contributed by atoms with Crippen molar-refractivity contribution in [3.8, 4) is 5.75 Å². The molecular weight excluding hydrogens is 428 g/mol. The number of ether oxygens (including phenoxy) is 1. The van der Waals surface area contributed by atoms with Crippen LogP contribution in [-0.4, -0.2) is 39.5 Å². The lowest BCUT2D eigenvalue weighted by molar-refractivity contribution is 0.360. The zero-order valence-electron chi connectivity index (χ0n) is 15.4. The van der Waals surface area contributed by atoms with Gasteiger partial charge < -0.3 is 9.64 Å². The third-order valence-electron chi connectivity index (χ3n) is 4.86. The minimum Gasteiger partial charge on any atom is -0.496 e. The van der Waals surface area contributed by atoms with Gasteiger partial charge in [0.2, 0.25) is 10.0 Å². The van der Waals surface area contributed by atoms with E-state index in [1.165, 1.54) is 11.4 Å². The second kappa shape index (κ2) is 8.04. The molecule has 1 unspecified atom stereocenters. The van der Waals surface area contributed by atoms with Crippen molar-refractivity contribution >= 4 is 37.3 Å². The Morgan fingerprint density at radius 1 is 1.30 bits per heavy atom. The first-order chi connectivity index (χ1) is 12.9. The van der Waals surface area contributed by atoms with Crippen LogP contribution in [0.2, 0.25) is 0 Å². The highest BCUT2D eigenvalue weighted by molar-refractivity contribution is 9.10. The largest absolute Gasteiger partial charge is 0.496 e. The van der Waals surface area contributed by atoms with Gasteiger partial charge in [-0.15, -0.1) is 6.58 Å². The van der Waals surface area contributed by atoms with Crippen LogP contribution in [0.3, 0.4) is 0 Å². The van der Waals surface area contributed by atoms with Gasteiger partial charge in [-0.1, -0.05) is 24.3 Å². The van der Waals surface area contributed by atoms with E-state index in [4.69, 9.17) is 4.74 Å². The van der Waals surface area contributed by atoms with E-state index >= 15 is 0 Å². The molecule has 0 spiro atoms. The smallest absolute Gasteiger partial charge is 0.245 e. The molecule has 0 N–H and O–H groups in total. The normalized spacial score (nSPS) is 19.2. The van der Waals surface area contributed by atoms with E-state index in [0.717, 1.165) is 12.1 Å². The van der Waals surface area contributed by atoms with E-state index in [2.05, 4.69) is 27.4 Å². The summed E-state index contributed by atoms with van der Waals surface area (Å²) < 4.78 is 34.3. The number of nitrogens with zero attached hydrogens (tertiary/aromatic N) is 2. The molecule has 2 aromatic carbocycles. The van der Waals surface area contributed by atoms with Gasteiger partial charge in [0.1, 0.15) is 10.6 Å². The van der Waals surface area contributed by atoms with E-state index in [1.807, 2.05) is 42.5 Å². The summed E-state index contributed by atoms with van der Waals surface area (Å²) in [6.07, 6.45) is 3.27. The van der Waals surface area contributed by atoms with Crippen LogP contribution >= 0.6 is 15.9 Å². The van der Waals surface area contributed by atoms with Gasteiger partial charge in [-0.2, -0.15) is 4.31 Å². The first kappa shape index (κ1) is 19.9. The fraction of sp³-hybridized carbons (Fsp3) is 0.300. The first-order valence-electron chi connectivity index (χ1n) is 8.69. The Labute approximate surface area is 169 Å². The monoisotopic (exact) mass is 450 g/mol. The maximum Gasteiger partial charge on any atom is 0.245 e. The molecule has 0 bridgehead atoms. The van der Waals surface area contributed by atoms with Crippen molar-refractivity contribution in [3.63, 3.8) is 0 Å². The zero-order valence-corrected chi connectivity index (χ0v) is 17.8. The second-order valence-corrected chi connectivity index (χ2v) is 9.26. The quantitative estimate of drug-likeness (QED) is 0.626. The third kappa shape index (κ3) is 3.77. The fourth-order valence-corrected chi connectivity index (χ4v) is 5.37. The predicted octanol–water partition coefficient (Wildman–Crippen LogP) is 4.56. The predicted molar refractivity (Wildman–Crippen MR) is 112 cm³/mol. The fourth-order valence-electron chi connectivity index (χ4n) is 3.31. The topological polar surface area (TPSA) is 49.9 Å². The van der Waals surface area contributed by atoms with Crippen LogP contribution in [0.25, 0.3) is 0 Å². The lowest BCUT2D eigenvalue weighted by Gasteiger charge is -2.29. The average Bonchev–Trinajstić information content (AvgIpc) is 2.74. The molecule has 0 radical (unpaired) electrons. The summed E-state index contributed by atoms with van der Waals surface area (Å²) in [6, 6.07) is 13.1. The van der Waals surface area contributed by atoms with Crippen LogP contribution in [0.4, 0.5) is 11.4 Å². The molecule has 0 aliphatic carbocycles. The Kier molecular flexibility index (Phi) is 5.93. The number of rotatable bonds is 5. The first-order valence-corrected chi connectivity index (χ1v) is 10.9. The summed E-state index contributed by atoms with van der Waals surface area (Å²) >= 11 is 3.50. The Balaban J connectivity index is 2.24. The molecule has 27 heavy (non-hydrogen) atoms. The van der Waals surface area contributed by atoms with Crippen molar-refractivity contribution in [2.24, 2.45) is 0 Å². The Hall–Kier alpha value is -1.83. The molecule has 0 saturated heterocycles. The maximum absolute atomic E-state index is 13.4. The molecule has 7 heteroatoms. The molecule has 144 valence electrons. The van der Waals surface area contributed by atoms with Gasteiger partial charge in [0, 0.05) is 31.4 Å². The van der Waals surface area contributed by atoms with Crippen LogP contribution in [0.5, 0.6) is 5.75 Å². The van der Waals surface area contributed by atoms with Gasteiger partial charge in [0.15, 0.2) is 0 Å². The number of para-hydroxylation sites is 1. The highest BCUT2D eigenvalue weighted by atomic mass is 79.9. The van der Waals surface area contributed by atoms with Gasteiger partial charge in [-0.25, -0.2) is 8.42 Å². The van der Waals surface area contributed by atoms with Crippen LogP contribution in [0, 0.1) is 0 Å². The van der Waals surface area contributed by atoms with Gasteiger partial charge in [0.05, 0.1) is 17.3 Å². The van der Waals surface area contributed by atoms with E-state index < -0.39 is 10.0 Å². The van der Waals surface area contributed by atoms with E-state index in [-0.39, 0.29) is 10.9 Å². The number of sulfonamides is 1. The summed E-state index contributed by atoms with van der Waals surface area (Å²) in [4.78, 5) is 2.31. The van der Waals surface area contributed by atoms with Crippen molar-refractivity contribution in [2.45, 2.75) is 23.8 Å². The van der Waals surface area contributed by atoms with Crippen LogP contribution in [-0.2, 0) is 10.0 Å². The number of likely N-dealkylation sites (N-methyl/N-ethyl adjacent to an activating group) is 1. The lowest BCUT2D eigenvalue weighted by Crippen LogP contribution is -2.40. The molecule has 0 amide bonds. The van der Waals surface area contributed by atoms with Crippen LogP contribution in [0.1, 0.15) is 12.8 Å². The number of fused-ring (bicyclic) bond motifs is 1. The third-order valence-corrected chi connectivity index (χ3v) is 7.42. The standard InChI is InChI=1S/C20H23BrN2O3S/c1-4-5-9-16-14-23(15-10-7-6-8-11-15)18-12-17(21)19(26-3)13-20(18)27(24,25)22(16)2/h4,6-8,10-13,16H,1,5,9,14H2,2-3H3. The SMILES string of the molecule is C=CCCC1CN(c2ccccc2)c2cc(Br)c(OC)cc2S(=O)(=O)N1C. The number of methoxy groups -OCH3 is 1. The second-order valence-electron chi connectivity index (χ2n) is 6.44. The number of hydrogen-bond acceptors (Lipinski definition) is 4. The Morgan fingerprint density at radius 3 is 2.63 bits per heavy atom. The summed E-state index contributed by atoms with van der Waals surface area (Å²) in [5.74, 6) is 0.489. The van der Waals surface area contributed by atoms with Crippen molar-refractivity contribution in [1.82, 2.24) is 4.31 Å². The molecule has 3 rings (SSSR count). The molecule has 1 aliphatic heterocycles. The molecule has 1 aliphatic rings. The van der Waals surface area contributed by atoms with Gasteiger partial charge >= 0.3 is 0 Å². The number of anilines is 2. The number of allylic oxidation sites excluding steroid dienone is 1. The molecule has 0 aromatic heterocycles. The minimum absolute atomic E-state index is 0.176. The average molecular weight is 451 g/mol. The van der Waals surface area contributed by atoms with Crippen molar-refractivity contribution in [3.05, 3.63) is 59.6 Å². The van der Waals surface area contributed by atoms with Crippen molar-refractivity contribution in [2.75, 3.05) is 25.6 Å². The number of hydrogen-bond donors (Lipinski definition) is 0. The van der Waals surface area contributed by atoms with Gasteiger partial charge in [-0.05, 0) is 47.0 Å². The van der Waals surface area contributed by atoms with Crippen LogP contribution in [0.15, 0.2) is 64.5 Å². The van der Waals surface area contributed by atoms with Gasteiger partial charge in [0.25, 0.3) is 0 Å². The summed E-state index contributed by atoms with van der Waals surface area (Å²) in [7, 11) is -0.493. The summed E-state index contributed by atoms with van der Waals surface area (Å²) in [6.45, 7) is 4.33. The Morgan fingerprint density at radius 2 is 2.00 bits per heavy atom. The molecule has 5 nitrogen and oxygen atoms in total. The van der Waals surface area contributed by atoms with E-state index in [1.54, 1.807) is 13.1 Å². The molecule has 2 aromatic rings. The lowest BCUT2D eigenvalue weighted by atomic mass is 10.1. The highest BCUT2D eigenvalue weighted by Crippen LogP contribution is 2.42. The summed E-state index contributed by atoms with van der Waals surface area (Å²) in [5, 5.41) is 0. The molecule has 1 atom stereocenters. The molecular formula is C20H23BrN2O3S. The number of benzene rings is 2. The number of halogens is 1. The summed E-state index contributed by atoms with van der Waals surface area (Å²) in [5.41, 5.74) is 1.59. The van der Waals surface area contributed by atoms with Crippen LogP contribution < -0.4 is 9.64 Å².